The Balaban J connectivity index is 1.99. The summed E-state index contributed by atoms with van der Waals surface area (Å²) in [6.07, 6.45) is 4.63. The van der Waals surface area contributed by atoms with E-state index in [9.17, 15) is 13.2 Å². The van der Waals surface area contributed by atoms with Crippen molar-refractivity contribution in [3.63, 3.8) is 0 Å². The maximum absolute atomic E-state index is 12.2. The Kier molecular flexibility index (Phi) is 5.31. The van der Waals surface area contributed by atoms with Gasteiger partial charge in [0.2, 0.25) is 5.82 Å². The maximum Gasteiger partial charge on any atom is 0.307 e. The molecular weight excluding hydrogens is 372 g/mol. The predicted molar refractivity (Wildman–Crippen MR) is 95.2 cm³/mol. The third-order valence-electron chi connectivity index (χ3n) is 3.79. The predicted octanol–water partition coefficient (Wildman–Crippen LogP) is 1.09. The number of aryl methyl sites for hydroxylation is 1. The number of benzene rings is 1. The smallest absolute Gasteiger partial charge is 0.307 e. The van der Waals surface area contributed by atoms with Crippen molar-refractivity contribution in [2.45, 2.75) is 24.8 Å². The average molecular weight is 390 g/mol. The number of nitrogens with one attached hydrogen (secondary N) is 1. The number of aromatic nitrogens is 6. The third-order valence-corrected chi connectivity index (χ3v) is 4.93. The number of hydrogen-bond acceptors (Lipinski definition) is 8. The topological polar surface area (TPSA) is 133 Å². The van der Waals surface area contributed by atoms with Gasteiger partial charge in [-0.15, -0.1) is 10.2 Å². The van der Waals surface area contributed by atoms with Crippen LogP contribution in [0.25, 0.3) is 22.5 Å². The van der Waals surface area contributed by atoms with Crippen LogP contribution in [0.15, 0.2) is 35.5 Å². The molecule has 0 unspecified atom stereocenters. The van der Waals surface area contributed by atoms with Crippen molar-refractivity contribution in [1.82, 2.24) is 30.4 Å². The summed E-state index contributed by atoms with van der Waals surface area (Å²) < 4.78 is 30.9. The van der Waals surface area contributed by atoms with Crippen LogP contribution in [0.2, 0.25) is 0 Å². The lowest BCUT2D eigenvalue weighted by molar-refractivity contribution is -0.143. The Hall–Kier alpha value is -3.08. The average Bonchev–Trinajstić information content (AvgIpc) is 3.31. The lowest BCUT2D eigenvalue weighted by atomic mass is 10.0. The molecule has 142 valence electrons. The fourth-order valence-corrected chi connectivity index (χ4v) is 3.54. The van der Waals surface area contributed by atoms with E-state index in [1.54, 1.807) is 36.1 Å². The summed E-state index contributed by atoms with van der Waals surface area (Å²) in [5.41, 5.74) is 1.62. The number of ether oxygens (including phenoxy) is 1. The first kappa shape index (κ1) is 18.7. The van der Waals surface area contributed by atoms with Crippen molar-refractivity contribution in [3.8, 4) is 22.5 Å². The van der Waals surface area contributed by atoms with Gasteiger partial charge in [0, 0.05) is 23.6 Å². The van der Waals surface area contributed by atoms with Gasteiger partial charge in [-0.2, -0.15) is 10.3 Å². The highest BCUT2D eigenvalue weighted by atomic mass is 32.2. The van der Waals surface area contributed by atoms with Crippen LogP contribution in [0.4, 0.5) is 0 Å². The number of rotatable bonds is 7. The standard InChI is InChI=1S/C16H18N6O4S/c1-3-26-14(23)7-8-22-10-11(9-17-22)12-5-4-6-13(27(2,24)25)15(12)16-18-20-21-19-16/h4-6,9-10H,3,7-8H2,1-2H3,(H,18,19,20,21). The number of sulfone groups is 1. The van der Waals surface area contributed by atoms with Gasteiger partial charge in [-0.05, 0) is 23.8 Å². The molecule has 0 amide bonds. The van der Waals surface area contributed by atoms with Gasteiger partial charge in [0.25, 0.3) is 0 Å². The van der Waals surface area contributed by atoms with Gasteiger partial charge < -0.3 is 4.74 Å². The van der Waals surface area contributed by atoms with Crippen LogP contribution >= 0.6 is 0 Å². The van der Waals surface area contributed by atoms with E-state index in [0.29, 0.717) is 29.8 Å². The second-order valence-corrected chi connectivity index (χ2v) is 7.72. The van der Waals surface area contributed by atoms with E-state index in [-0.39, 0.29) is 23.1 Å². The van der Waals surface area contributed by atoms with Gasteiger partial charge in [-0.25, -0.2) is 8.42 Å². The number of tetrazole rings is 1. The number of nitrogens with zero attached hydrogens (tertiary/aromatic N) is 5. The van der Waals surface area contributed by atoms with Crippen LogP contribution in [0.5, 0.6) is 0 Å². The van der Waals surface area contributed by atoms with Gasteiger partial charge in [0.15, 0.2) is 9.84 Å². The quantitative estimate of drug-likeness (QED) is 0.593. The fourth-order valence-electron chi connectivity index (χ4n) is 2.64. The molecule has 0 spiro atoms. The van der Waals surface area contributed by atoms with E-state index in [1.165, 1.54) is 6.07 Å². The molecule has 2 aromatic heterocycles. The highest BCUT2D eigenvalue weighted by Crippen LogP contribution is 2.34. The molecule has 11 heteroatoms. The molecule has 1 aromatic carbocycles. The fraction of sp³-hybridized carbons (Fsp3) is 0.312. The van der Waals surface area contributed by atoms with Crippen molar-refractivity contribution in [3.05, 3.63) is 30.6 Å². The minimum Gasteiger partial charge on any atom is -0.466 e. The highest BCUT2D eigenvalue weighted by molar-refractivity contribution is 7.90. The Bertz CT molecular complexity index is 1040. The molecule has 27 heavy (non-hydrogen) atoms. The molecule has 10 nitrogen and oxygen atoms in total. The lowest BCUT2D eigenvalue weighted by Crippen LogP contribution is -2.09. The first-order valence-electron chi connectivity index (χ1n) is 8.15. The zero-order valence-corrected chi connectivity index (χ0v) is 15.6. The van der Waals surface area contributed by atoms with Crippen molar-refractivity contribution >= 4 is 15.8 Å². The van der Waals surface area contributed by atoms with E-state index in [1.807, 2.05) is 0 Å². The molecule has 3 rings (SSSR count). The van der Waals surface area contributed by atoms with Crippen LogP contribution in [0.1, 0.15) is 13.3 Å². The van der Waals surface area contributed by atoms with Gasteiger partial charge >= 0.3 is 5.97 Å². The molecule has 0 radical (unpaired) electrons. The zero-order valence-electron chi connectivity index (χ0n) is 14.8. The van der Waals surface area contributed by atoms with Crippen LogP contribution in [-0.4, -0.2) is 57.7 Å². The molecule has 1 N–H and O–H groups in total. The van der Waals surface area contributed by atoms with E-state index in [4.69, 9.17) is 4.74 Å². The van der Waals surface area contributed by atoms with Gasteiger partial charge in [-0.3, -0.25) is 9.48 Å². The summed E-state index contributed by atoms with van der Waals surface area (Å²) >= 11 is 0. The van der Waals surface area contributed by atoms with Crippen LogP contribution in [0.3, 0.4) is 0 Å². The molecule has 0 saturated carbocycles. The number of hydrogen-bond donors (Lipinski definition) is 1. The van der Waals surface area contributed by atoms with Gasteiger partial charge in [0.1, 0.15) is 0 Å². The monoisotopic (exact) mass is 390 g/mol. The molecule has 0 bridgehead atoms. The number of esters is 1. The third kappa shape index (κ3) is 4.19. The Morgan fingerprint density at radius 3 is 2.81 bits per heavy atom. The number of aromatic amines is 1. The lowest BCUT2D eigenvalue weighted by Gasteiger charge is -2.09. The zero-order chi connectivity index (χ0) is 19.4. The Labute approximate surface area is 155 Å². The Morgan fingerprint density at radius 2 is 2.15 bits per heavy atom. The van der Waals surface area contributed by atoms with Crippen molar-refractivity contribution in [2.75, 3.05) is 12.9 Å². The van der Waals surface area contributed by atoms with Crippen molar-refractivity contribution < 1.29 is 17.9 Å². The van der Waals surface area contributed by atoms with Crippen LogP contribution in [0, 0.1) is 0 Å². The number of H-pyrrole nitrogens is 1. The highest BCUT2D eigenvalue weighted by Gasteiger charge is 2.22. The maximum atomic E-state index is 12.2. The summed E-state index contributed by atoms with van der Waals surface area (Å²) in [6, 6.07) is 4.90. The summed E-state index contributed by atoms with van der Waals surface area (Å²) in [4.78, 5) is 11.6. The van der Waals surface area contributed by atoms with Crippen LogP contribution < -0.4 is 0 Å². The SMILES string of the molecule is CCOC(=O)CCn1cc(-c2cccc(S(C)(=O)=O)c2-c2nn[nH]n2)cn1. The van der Waals surface area contributed by atoms with E-state index in [0.717, 1.165) is 6.26 Å². The molecule has 0 aliphatic heterocycles. The molecule has 0 saturated heterocycles. The summed E-state index contributed by atoms with van der Waals surface area (Å²) in [7, 11) is -3.52. The minimum atomic E-state index is -3.52. The largest absolute Gasteiger partial charge is 0.466 e. The molecule has 2 heterocycles. The number of carbonyl (C=O) groups excluding carboxylic acids is 1. The first-order chi connectivity index (χ1) is 12.9. The van der Waals surface area contributed by atoms with Crippen molar-refractivity contribution in [2.24, 2.45) is 0 Å². The molecular formula is C16H18N6O4S. The van der Waals surface area contributed by atoms with Gasteiger partial charge in [0.05, 0.1) is 30.7 Å². The molecule has 0 atom stereocenters. The van der Waals surface area contributed by atoms with E-state index >= 15 is 0 Å². The molecule has 0 fully saturated rings. The van der Waals surface area contributed by atoms with E-state index < -0.39 is 9.84 Å². The second kappa shape index (κ2) is 7.66. The summed E-state index contributed by atoms with van der Waals surface area (Å²) in [6.45, 7) is 2.43. The normalized spacial score (nSPS) is 11.5. The first-order valence-corrected chi connectivity index (χ1v) is 10.0. The molecule has 0 aliphatic carbocycles. The second-order valence-electron chi connectivity index (χ2n) is 5.73. The Morgan fingerprint density at radius 1 is 1.33 bits per heavy atom. The minimum absolute atomic E-state index is 0.0978. The summed E-state index contributed by atoms with van der Waals surface area (Å²) in [5.74, 6) is -0.133. The van der Waals surface area contributed by atoms with Gasteiger partial charge in [-0.1, -0.05) is 12.1 Å². The van der Waals surface area contributed by atoms with Crippen molar-refractivity contribution in [1.29, 1.82) is 0 Å². The summed E-state index contributed by atoms with van der Waals surface area (Å²) in [5, 5.41) is 18.0. The van der Waals surface area contributed by atoms with E-state index in [2.05, 4.69) is 25.7 Å². The number of carbonyl (C=O) groups is 1. The molecule has 3 aromatic rings. The van der Waals surface area contributed by atoms with Crippen LogP contribution in [-0.2, 0) is 25.9 Å². The molecule has 0 aliphatic rings.